The second kappa shape index (κ2) is 5.60. The highest BCUT2D eigenvalue weighted by Gasteiger charge is 2.28. The summed E-state index contributed by atoms with van der Waals surface area (Å²) in [6.45, 7) is 0. The molecule has 9 heteroatoms. The van der Waals surface area contributed by atoms with E-state index in [9.17, 15) is 26.7 Å². The Labute approximate surface area is 122 Å². The van der Waals surface area contributed by atoms with Gasteiger partial charge in [-0.15, -0.1) is 3.89 Å². The third-order valence-electron chi connectivity index (χ3n) is 2.92. The van der Waals surface area contributed by atoms with Gasteiger partial charge in [0.15, 0.2) is 0 Å². The molecular weight excluding hydrogens is 303 g/mol. The number of piperidine rings is 1. The Balaban J connectivity index is 0.00000242. The topological polar surface area (TPSA) is 109 Å². The van der Waals surface area contributed by atoms with Gasteiger partial charge in [-0.05, 0) is 24.6 Å². The summed E-state index contributed by atoms with van der Waals surface area (Å²) >= 11 is 0. The minimum atomic E-state index is -4.91. The maximum atomic E-state index is 12.9. The van der Waals surface area contributed by atoms with Crippen molar-refractivity contribution in [3.63, 3.8) is 0 Å². The van der Waals surface area contributed by atoms with Crippen LogP contribution in [0.15, 0.2) is 29.2 Å². The molecule has 2 rings (SSSR count). The number of carbonyl (C=O) groups is 3. The van der Waals surface area contributed by atoms with Crippen LogP contribution < -0.4 is 10.6 Å². The number of benzene rings is 1. The first kappa shape index (κ1) is 15.1. The van der Waals surface area contributed by atoms with Crippen molar-refractivity contribution in [2.24, 2.45) is 0 Å². The summed E-state index contributed by atoms with van der Waals surface area (Å²) < 4.78 is 34.4. The van der Waals surface area contributed by atoms with E-state index in [1.807, 2.05) is 0 Å². The molecule has 1 saturated heterocycles. The van der Waals surface area contributed by atoms with Gasteiger partial charge in [-0.2, -0.15) is 8.42 Å². The third-order valence-corrected chi connectivity index (χ3v) is 3.74. The van der Waals surface area contributed by atoms with Crippen LogP contribution in [0.3, 0.4) is 0 Å². The van der Waals surface area contributed by atoms with E-state index in [-0.39, 0.29) is 21.3 Å². The molecule has 116 valence electrons. The molecular formula is C12H15FN2O5S. The lowest BCUT2D eigenvalue weighted by atomic mass is 10.1. The molecule has 1 aliphatic heterocycles. The molecule has 0 bridgehead atoms. The smallest absolute Gasteiger partial charge is 0.332 e. The molecule has 3 amide bonds. The lowest BCUT2D eigenvalue weighted by Crippen LogP contribution is -2.52. The molecule has 2 N–H and O–H groups in total. The maximum Gasteiger partial charge on any atom is 0.332 e. The van der Waals surface area contributed by atoms with E-state index >= 15 is 0 Å². The first-order valence-electron chi connectivity index (χ1n) is 5.96. The fourth-order valence-electron chi connectivity index (χ4n) is 1.86. The van der Waals surface area contributed by atoms with Gasteiger partial charge < -0.3 is 5.32 Å². The fourth-order valence-corrected chi connectivity index (χ4v) is 2.37. The van der Waals surface area contributed by atoms with Gasteiger partial charge in [0, 0.05) is 14.8 Å². The summed E-state index contributed by atoms with van der Waals surface area (Å²) in [5.41, 5.74) is -0.0987. The van der Waals surface area contributed by atoms with E-state index in [2.05, 4.69) is 10.6 Å². The Hall–Kier alpha value is -2.29. The van der Waals surface area contributed by atoms with E-state index in [0.29, 0.717) is 0 Å². The average Bonchev–Trinajstić information content (AvgIpc) is 2.41. The summed E-state index contributed by atoms with van der Waals surface area (Å²) in [4.78, 5) is 33.8. The van der Waals surface area contributed by atoms with E-state index in [0.717, 1.165) is 12.1 Å². The van der Waals surface area contributed by atoms with Crippen LogP contribution >= 0.6 is 0 Å². The molecule has 21 heavy (non-hydrogen) atoms. The van der Waals surface area contributed by atoms with Crippen molar-refractivity contribution in [3.8, 4) is 0 Å². The molecule has 1 aromatic carbocycles. The van der Waals surface area contributed by atoms with Gasteiger partial charge in [-0.25, -0.2) is 0 Å². The van der Waals surface area contributed by atoms with Crippen molar-refractivity contribution in [3.05, 3.63) is 29.8 Å². The molecule has 0 saturated carbocycles. The quantitative estimate of drug-likeness (QED) is 0.618. The highest BCUT2D eigenvalue weighted by atomic mass is 32.3. The maximum absolute atomic E-state index is 12.9. The van der Waals surface area contributed by atoms with Crippen LogP contribution in [0.25, 0.3) is 0 Å². The van der Waals surface area contributed by atoms with Gasteiger partial charge in [0.2, 0.25) is 11.8 Å². The van der Waals surface area contributed by atoms with Crippen molar-refractivity contribution in [1.29, 1.82) is 0 Å². The van der Waals surface area contributed by atoms with Crippen molar-refractivity contribution >= 4 is 27.9 Å². The minimum absolute atomic E-state index is 0. The Morgan fingerprint density at radius 1 is 1.38 bits per heavy atom. The van der Waals surface area contributed by atoms with Crippen molar-refractivity contribution in [2.75, 3.05) is 0 Å². The van der Waals surface area contributed by atoms with E-state index in [4.69, 9.17) is 0 Å². The van der Waals surface area contributed by atoms with Crippen molar-refractivity contribution < 1.29 is 29.5 Å². The Morgan fingerprint density at radius 2 is 2.10 bits per heavy atom. The number of carbonyl (C=O) groups excluding carboxylic acids is 3. The number of halogens is 1. The summed E-state index contributed by atoms with van der Waals surface area (Å²) in [6, 6.07) is 3.50. The molecule has 1 heterocycles. The predicted octanol–water partition coefficient (Wildman–Crippen LogP) is 0.372. The first-order chi connectivity index (χ1) is 9.77. The van der Waals surface area contributed by atoms with E-state index in [1.165, 1.54) is 12.1 Å². The molecule has 1 atom stereocenters. The molecule has 1 aliphatic rings. The summed E-state index contributed by atoms with van der Waals surface area (Å²) in [5.74, 6) is -1.78. The molecule has 0 radical (unpaired) electrons. The Kier molecular flexibility index (Phi) is 4.03. The summed E-state index contributed by atoms with van der Waals surface area (Å²) in [5, 5.41) is 4.44. The van der Waals surface area contributed by atoms with Crippen LogP contribution in [0.4, 0.5) is 3.89 Å². The molecule has 7 nitrogen and oxygen atoms in total. The van der Waals surface area contributed by atoms with Crippen LogP contribution in [-0.2, 0) is 19.8 Å². The van der Waals surface area contributed by atoms with Gasteiger partial charge >= 0.3 is 10.2 Å². The number of amides is 3. The zero-order chi connectivity index (χ0) is 15.6. The second-order valence-electron chi connectivity index (χ2n) is 4.44. The monoisotopic (exact) mass is 318 g/mol. The van der Waals surface area contributed by atoms with Gasteiger partial charge in [-0.3, -0.25) is 19.7 Å². The predicted molar refractivity (Wildman–Crippen MR) is 72.6 cm³/mol. The van der Waals surface area contributed by atoms with Crippen molar-refractivity contribution in [2.45, 2.75) is 23.8 Å². The number of hydrogen-bond acceptors (Lipinski definition) is 5. The average molecular weight is 318 g/mol. The Bertz CT molecular complexity index is 726. The standard InChI is InChI=1S/C12H11FN2O5S.2H2/c13-21(19,20)8-3-1-2-7(6-8)11(17)14-9-4-5-10(16)15-12(9)18;;/h1-3,6,9H,4-5H2,(H,14,17)(H,15,16,18);2*1H. The highest BCUT2D eigenvalue weighted by Crippen LogP contribution is 2.14. The number of imide groups is 1. The zero-order valence-corrected chi connectivity index (χ0v) is 11.4. The first-order valence-corrected chi connectivity index (χ1v) is 7.35. The molecule has 1 aromatic rings. The van der Waals surface area contributed by atoms with Crippen LogP contribution in [0.5, 0.6) is 0 Å². The SMILES string of the molecule is O=C1CCC(NC(=O)c2cccc(S(=O)(=O)F)c2)C(=O)N1.[HH].[HH]. The van der Waals surface area contributed by atoms with E-state index in [1.54, 1.807) is 0 Å². The fraction of sp³-hybridized carbons (Fsp3) is 0.250. The summed E-state index contributed by atoms with van der Waals surface area (Å²) in [6.07, 6.45) is 0.243. The molecule has 1 fully saturated rings. The third kappa shape index (κ3) is 3.63. The number of hydrogen-bond donors (Lipinski definition) is 2. The van der Waals surface area contributed by atoms with Crippen LogP contribution in [-0.4, -0.2) is 32.2 Å². The van der Waals surface area contributed by atoms with Crippen LogP contribution in [0, 0.1) is 0 Å². The number of rotatable bonds is 3. The van der Waals surface area contributed by atoms with Gasteiger partial charge in [0.05, 0.1) is 4.90 Å². The Morgan fingerprint density at radius 3 is 2.71 bits per heavy atom. The van der Waals surface area contributed by atoms with Gasteiger partial charge in [-0.1, -0.05) is 6.07 Å². The van der Waals surface area contributed by atoms with Crippen LogP contribution in [0.1, 0.15) is 26.1 Å². The highest BCUT2D eigenvalue weighted by molar-refractivity contribution is 7.86. The molecule has 0 aliphatic carbocycles. The van der Waals surface area contributed by atoms with Gasteiger partial charge in [0.1, 0.15) is 6.04 Å². The molecule has 0 spiro atoms. The zero-order valence-electron chi connectivity index (χ0n) is 10.6. The molecule has 1 unspecified atom stereocenters. The largest absolute Gasteiger partial charge is 0.340 e. The lowest BCUT2D eigenvalue weighted by Gasteiger charge is -2.21. The van der Waals surface area contributed by atoms with Gasteiger partial charge in [0.25, 0.3) is 5.91 Å². The minimum Gasteiger partial charge on any atom is -0.340 e. The van der Waals surface area contributed by atoms with Crippen LogP contribution in [0.2, 0.25) is 0 Å². The van der Waals surface area contributed by atoms with Crippen molar-refractivity contribution in [1.82, 2.24) is 10.6 Å². The number of nitrogens with one attached hydrogen (secondary N) is 2. The normalized spacial score (nSPS) is 19.0. The lowest BCUT2D eigenvalue weighted by molar-refractivity contribution is -0.134. The van der Waals surface area contributed by atoms with E-state index < -0.39 is 38.9 Å². The second-order valence-corrected chi connectivity index (χ2v) is 5.79. The summed E-state index contributed by atoms with van der Waals surface area (Å²) in [7, 11) is -4.91. The molecule has 0 aromatic heterocycles.